The Balaban J connectivity index is 1.81. The molecule has 1 atom stereocenters. The molecule has 3 rings (SSSR count). The van der Waals surface area contributed by atoms with Crippen molar-refractivity contribution < 1.29 is 9.22 Å². The Morgan fingerprint density at radius 3 is 2.55 bits per heavy atom. The molecular weight excluding hydrogens is 288 g/mol. The average Bonchev–Trinajstić information content (AvgIpc) is 2.79. The van der Waals surface area contributed by atoms with E-state index in [9.17, 15) is 4.79 Å². The number of carbonyl (C=O) groups excluding carboxylic acids is 1. The molecule has 0 N–H and O–H groups in total. The van der Waals surface area contributed by atoms with E-state index in [-0.39, 0.29) is 17.1 Å². The summed E-state index contributed by atoms with van der Waals surface area (Å²) in [4.78, 5) is 12.6. The molecule has 0 aliphatic heterocycles. The number of Topliss-reactive ketones (excluding diaryl/α,β-unsaturated/α-hetero) is 1. The Morgan fingerprint density at radius 1 is 1.23 bits per heavy atom. The number of benzene rings is 1. The Labute approximate surface area is 136 Å². The van der Waals surface area contributed by atoms with Crippen molar-refractivity contribution in [3.05, 3.63) is 34.9 Å². The predicted molar refractivity (Wildman–Crippen MR) is 91.6 cm³/mol. The molecule has 2 aliphatic rings. The van der Waals surface area contributed by atoms with Gasteiger partial charge in [-0.3, -0.25) is 4.79 Å². The van der Waals surface area contributed by atoms with Crippen molar-refractivity contribution in [2.24, 2.45) is 5.92 Å². The van der Waals surface area contributed by atoms with Gasteiger partial charge in [-0.25, -0.2) is 0 Å². The smallest absolute Gasteiger partial charge is 0.214 e. The summed E-state index contributed by atoms with van der Waals surface area (Å²) >= 11 is 0. The third kappa shape index (κ3) is 2.93. The molecule has 0 heterocycles. The molecule has 0 amide bonds. The molecule has 1 unspecified atom stereocenters. The highest BCUT2D eigenvalue weighted by molar-refractivity contribution is 6.53. The number of carbonyl (C=O) groups is 1. The lowest BCUT2D eigenvalue weighted by atomic mass is 9.78. The summed E-state index contributed by atoms with van der Waals surface area (Å²) in [5, 5.41) is 0.243. The summed E-state index contributed by atoms with van der Waals surface area (Å²) in [5.74, 6) is 0.661. The highest BCUT2D eigenvalue weighted by atomic mass is 28.3. The van der Waals surface area contributed by atoms with E-state index >= 15 is 0 Å². The van der Waals surface area contributed by atoms with E-state index in [1.54, 1.807) is 0 Å². The van der Waals surface area contributed by atoms with Crippen LogP contribution in [-0.4, -0.2) is 14.8 Å². The average molecular weight is 316 g/mol. The van der Waals surface area contributed by atoms with Crippen LogP contribution in [-0.2, 0) is 10.8 Å². The van der Waals surface area contributed by atoms with Gasteiger partial charge in [0, 0.05) is 11.5 Å². The molecule has 2 aliphatic carbocycles. The maximum absolute atomic E-state index is 12.6. The van der Waals surface area contributed by atoms with Gasteiger partial charge in [0.1, 0.15) is 0 Å². The van der Waals surface area contributed by atoms with E-state index in [0.29, 0.717) is 5.78 Å². The summed E-state index contributed by atoms with van der Waals surface area (Å²) < 4.78 is 6.43. The molecule has 119 valence electrons. The number of hydrogen-bond donors (Lipinski definition) is 0. The summed E-state index contributed by atoms with van der Waals surface area (Å²) in [6, 6.07) is 6.25. The van der Waals surface area contributed by atoms with Crippen LogP contribution in [0.15, 0.2) is 18.2 Å². The molecular formula is C19H27O2Si. The monoisotopic (exact) mass is 315 g/mol. The van der Waals surface area contributed by atoms with E-state index in [1.807, 2.05) is 12.1 Å². The van der Waals surface area contributed by atoms with Crippen LogP contribution in [0.25, 0.3) is 0 Å². The minimum atomic E-state index is -0.857. The van der Waals surface area contributed by atoms with Crippen molar-refractivity contribution in [1.29, 1.82) is 0 Å². The fourth-order valence-corrected chi connectivity index (χ4v) is 4.28. The summed E-state index contributed by atoms with van der Waals surface area (Å²) in [7, 11) is -0.857. The van der Waals surface area contributed by atoms with Gasteiger partial charge in [0.15, 0.2) is 5.78 Å². The fourth-order valence-electron chi connectivity index (χ4n) is 3.25. The van der Waals surface area contributed by atoms with Crippen molar-refractivity contribution in [3.8, 4) is 0 Å². The van der Waals surface area contributed by atoms with E-state index in [0.717, 1.165) is 31.2 Å². The second-order valence-corrected chi connectivity index (χ2v) is 10.7. The minimum Gasteiger partial charge on any atom is -0.409 e. The van der Waals surface area contributed by atoms with E-state index in [1.165, 1.54) is 17.5 Å². The van der Waals surface area contributed by atoms with Crippen LogP contribution in [0.5, 0.6) is 0 Å². The molecule has 22 heavy (non-hydrogen) atoms. The molecule has 0 spiro atoms. The molecule has 1 aromatic rings. The molecule has 2 nitrogen and oxygen atoms in total. The molecule has 3 heteroatoms. The molecule has 0 aromatic heterocycles. The molecule has 0 saturated heterocycles. The first-order chi connectivity index (χ1) is 10.4. The zero-order chi connectivity index (χ0) is 15.9. The third-order valence-electron chi connectivity index (χ3n) is 5.33. The first kappa shape index (κ1) is 15.9. The van der Waals surface area contributed by atoms with Crippen LogP contribution in [0.3, 0.4) is 0 Å². The van der Waals surface area contributed by atoms with Crippen LogP contribution >= 0.6 is 0 Å². The summed E-state index contributed by atoms with van der Waals surface area (Å²) in [6.07, 6.45) is 5.59. The van der Waals surface area contributed by atoms with Crippen molar-refractivity contribution >= 4 is 14.8 Å². The third-order valence-corrected chi connectivity index (χ3v) is 8.08. The number of rotatable bonds is 4. The zero-order valence-electron chi connectivity index (χ0n) is 14.2. The SMILES string of the molecule is C[Si](OC1CCc2c(C(=O)C3CCC3)cccc21)C(C)(C)C. The highest BCUT2D eigenvalue weighted by Crippen LogP contribution is 2.41. The standard InChI is InChI=1S/C19H27O2Si/c1-19(2,3)22(4)21-17-12-11-14-15(17)9-6-10-16(14)18(20)13-7-5-8-13/h6,9-10,13,17H,5,7-8,11-12H2,1-4H3. The van der Waals surface area contributed by atoms with Crippen molar-refractivity contribution in [1.82, 2.24) is 0 Å². The van der Waals surface area contributed by atoms with Crippen molar-refractivity contribution in [2.75, 3.05) is 0 Å². The van der Waals surface area contributed by atoms with Crippen molar-refractivity contribution in [2.45, 2.75) is 70.6 Å². The van der Waals surface area contributed by atoms with Gasteiger partial charge in [0.25, 0.3) is 0 Å². The van der Waals surface area contributed by atoms with Gasteiger partial charge in [0.05, 0.1) is 6.10 Å². The number of ketones is 1. The van der Waals surface area contributed by atoms with Gasteiger partial charge in [-0.05, 0) is 48.4 Å². The maximum Gasteiger partial charge on any atom is 0.214 e. The van der Waals surface area contributed by atoms with Crippen LogP contribution in [0, 0.1) is 5.92 Å². The van der Waals surface area contributed by atoms with Gasteiger partial charge >= 0.3 is 0 Å². The predicted octanol–water partition coefficient (Wildman–Crippen LogP) is 5.09. The van der Waals surface area contributed by atoms with Gasteiger partial charge in [-0.15, -0.1) is 0 Å². The molecule has 1 saturated carbocycles. The minimum absolute atomic E-state index is 0.197. The summed E-state index contributed by atoms with van der Waals surface area (Å²) in [6.45, 7) is 9.03. The number of hydrogen-bond acceptors (Lipinski definition) is 2. The Hall–Kier alpha value is -0.933. The van der Waals surface area contributed by atoms with E-state index in [2.05, 4.69) is 33.4 Å². The van der Waals surface area contributed by atoms with Gasteiger partial charge < -0.3 is 4.43 Å². The highest BCUT2D eigenvalue weighted by Gasteiger charge is 2.34. The maximum atomic E-state index is 12.6. The van der Waals surface area contributed by atoms with Crippen LogP contribution < -0.4 is 0 Å². The lowest BCUT2D eigenvalue weighted by Gasteiger charge is -2.28. The summed E-state index contributed by atoms with van der Waals surface area (Å²) in [5.41, 5.74) is 3.53. The van der Waals surface area contributed by atoms with Crippen LogP contribution in [0.1, 0.15) is 74.0 Å². The molecule has 1 fully saturated rings. The largest absolute Gasteiger partial charge is 0.409 e. The van der Waals surface area contributed by atoms with Gasteiger partial charge in [-0.1, -0.05) is 45.4 Å². The van der Waals surface area contributed by atoms with Gasteiger partial charge in [-0.2, -0.15) is 0 Å². The zero-order valence-corrected chi connectivity index (χ0v) is 15.2. The Kier molecular flexibility index (Phi) is 4.30. The quantitative estimate of drug-likeness (QED) is 0.571. The topological polar surface area (TPSA) is 26.3 Å². The van der Waals surface area contributed by atoms with Crippen LogP contribution in [0.2, 0.25) is 11.6 Å². The van der Waals surface area contributed by atoms with Crippen molar-refractivity contribution in [3.63, 3.8) is 0 Å². The Bertz CT molecular complexity index is 569. The van der Waals surface area contributed by atoms with Crippen LogP contribution in [0.4, 0.5) is 0 Å². The molecule has 1 aromatic carbocycles. The Morgan fingerprint density at radius 2 is 1.95 bits per heavy atom. The normalized spacial score (nSPS) is 21.8. The lowest BCUT2D eigenvalue weighted by molar-refractivity contribution is 0.0854. The fraction of sp³-hybridized carbons (Fsp3) is 0.632. The van der Waals surface area contributed by atoms with E-state index in [4.69, 9.17) is 4.43 Å². The molecule has 1 radical (unpaired) electrons. The second-order valence-electron chi connectivity index (χ2n) is 7.82. The lowest BCUT2D eigenvalue weighted by Crippen LogP contribution is -2.27. The van der Waals surface area contributed by atoms with Gasteiger partial charge in [0.2, 0.25) is 9.04 Å². The first-order valence-electron chi connectivity index (χ1n) is 8.54. The first-order valence-corrected chi connectivity index (χ1v) is 10.5. The second kappa shape index (κ2) is 5.93. The van der Waals surface area contributed by atoms with E-state index < -0.39 is 9.04 Å². The number of fused-ring (bicyclic) bond motifs is 1. The molecule has 0 bridgehead atoms.